The molecule has 8 nitrogen and oxygen atoms in total. The van der Waals surface area contributed by atoms with E-state index in [1.807, 2.05) is 13.8 Å². The Kier molecular flexibility index (Phi) is 9.51. The monoisotopic (exact) mass is 494 g/mol. The number of benzene rings is 1. The topological polar surface area (TPSA) is 120 Å². The van der Waals surface area contributed by atoms with Crippen molar-refractivity contribution in [3.63, 3.8) is 0 Å². The van der Waals surface area contributed by atoms with Crippen molar-refractivity contribution in [2.45, 2.75) is 71.7 Å². The van der Waals surface area contributed by atoms with Crippen LogP contribution in [0.15, 0.2) is 24.3 Å². The van der Waals surface area contributed by atoms with Crippen molar-refractivity contribution < 1.29 is 19.5 Å². The SMILES string of the molecule is CN[C@H](C[C@@H]1CCNC1=O)NC(=O)[C@H](CC(C)C)NC(=O)C(C)(C)[C@@](C)(O)c1ccc(Cl)cc1. The first-order valence-corrected chi connectivity index (χ1v) is 12.2. The summed E-state index contributed by atoms with van der Waals surface area (Å²) in [5, 5.41) is 23.5. The highest BCUT2D eigenvalue weighted by molar-refractivity contribution is 6.30. The van der Waals surface area contributed by atoms with E-state index >= 15 is 0 Å². The van der Waals surface area contributed by atoms with E-state index in [0.29, 0.717) is 30.0 Å². The predicted octanol–water partition coefficient (Wildman–Crippen LogP) is 2.29. The Hall–Kier alpha value is -2.16. The van der Waals surface area contributed by atoms with Gasteiger partial charge >= 0.3 is 0 Å². The zero-order chi connectivity index (χ0) is 25.7. The van der Waals surface area contributed by atoms with E-state index in [1.54, 1.807) is 52.1 Å². The summed E-state index contributed by atoms with van der Waals surface area (Å²) in [7, 11) is 1.72. The molecule has 1 aromatic carbocycles. The Morgan fingerprint density at radius 3 is 2.29 bits per heavy atom. The van der Waals surface area contributed by atoms with Gasteiger partial charge in [-0.3, -0.25) is 14.4 Å². The van der Waals surface area contributed by atoms with E-state index in [1.165, 1.54) is 0 Å². The Balaban J connectivity index is 2.15. The molecule has 0 aromatic heterocycles. The first-order chi connectivity index (χ1) is 15.8. The van der Waals surface area contributed by atoms with Crippen molar-refractivity contribution in [1.29, 1.82) is 0 Å². The molecule has 1 heterocycles. The highest BCUT2D eigenvalue weighted by Crippen LogP contribution is 2.40. The minimum Gasteiger partial charge on any atom is -0.384 e. The van der Waals surface area contributed by atoms with Gasteiger partial charge in [-0.25, -0.2) is 0 Å². The van der Waals surface area contributed by atoms with E-state index in [9.17, 15) is 19.5 Å². The molecule has 1 aliphatic heterocycles. The summed E-state index contributed by atoms with van der Waals surface area (Å²) in [6.07, 6.45) is 1.22. The summed E-state index contributed by atoms with van der Waals surface area (Å²) < 4.78 is 0. The summed E-state index contributed by atoms with van der Waals surface area (Å²) in [5.41, 5.74) is -2.21. The van der Waals surface area contributed by atoms with Crippen LogP contribution in [0.25, 0.3) is 0 Å². The van der Waals surface area contributed by atoms with Gasteiger partial charge in [-0.2, -0.15) is 0 Å². The van der Waals surface area contributed by atoms with E-state index in [0.717, 1.165) is 6.42 Å². The fourth-order valence-corrected chi connectivity index (χ4v) is 4.20. The van der Waals surface area contributed by atoms with Gasteiger partial charge < -0.3 is 26.4 Å². The van der Waals surface area contributed by atoms with E-state index < -0.39 is 29.1 Å². The van der Waals surface area contributed by atoms with Gasteiger partial charge in [0.25, 0.3) is 0 Å². The van der Waals surface area contributed by atoms with Crippen molar-refractivity contribution in [2.24, 2.45) is 17.3 Å². The molecule has 1 aromatic rings. The summed E-state index contributed by atoms with van der Waals surface area (Å²) >= 11 is 5.97. The maximum atomic E-state index is 13.4. The predicted molar refractivity (Wildman–Crippen MR) is 133 cm³/mol. The Bertz CT molecular complexity index is 870. The van der Waals surface area contributed by atoms with Crippen LogP contribution in [-0.4, -0.2) is 48.6 Å². The number of hydrogen-bond acceptors (Lipinski definition) is 5. The summed E-state index contributed by atoms with van der Waals surface area (Å²) in [4.78, 5) is 38.5. The zero-order valence-electron chi connectivity index (χ0n) is 21.0. The molecule has 5 N–H and O–H groups in total. The largest absolute Gasteiger partial charge is 0.384 e. The third kappa shape index (κ3) is 6.71. The fourth-order valence-electron chi connectivity index (χ4n) is 4.07. The van der Waals surface area contributed by atoms with Crippen molar-refractivity contribution in [2.75, 3.05) is 13.6 Å². The van der Waals surface area contributed by atoms with Crippen LogP contribution in [0.4, 0.5) is 0 Å². The molecule has 1 fully saturated rings. The summed E-state index contributed by atoms with van der Waals surface area (Å²) in [5.74, 6) is -0.798. The maximum Gasteiger partial charge on any atom is 0.243 e. The zero-order valence-corrected chi connectivity index (χ0v) is 21.8. The minimum absolute atomic E-state index is 0.00675. The maximum absolute atomic E-state index is 13.4. The number of nitrogens with one attached hydrogen (secondary N) is 4. The van der Waals surface area contributed by atoms with Gasteiger partial charge in [-0.05, 0) is 70.7 Å². The molecule has 0 spiro atoms. The van der Waals surface area contributed by atoms with E-state index in [4.69, 9.17) is 11.6 Å². The third-order valence-electron chi connectivity index (χ3n) is 6.87. The van der Waals surface area contributed by atoms with Gasteiger partial charge in [0, 0.05) is 17.5 Å². The lowest BCUT2D eigenvalue weighted by Gasteiger charge is -2.40. The van der Waals surface area contributed by atoms with Gasteiger partial charge in [0.2, 0.25) is 17.7 Å². The molecule has 0 aliphatic carbocycles. The number of carbonyl (C=O) groups excluding carboxylic acids is 3. The Morgan fingerprint density at radius 1 is 1.18 bits per heavy atom. The number of carbonyl (C=O) groups is 3. The first kappa shape index (κ1) is 28.1. The third-order valence-corrected chi connectivity index (χ3v) is 7.12. The van der Waals surface area contributed by atoms with Crippen LogP contribution >= 0.6 is 11.6 Å². The van der Waals surface area contributed by atoms with Crippen LogP contribution in [0.3, 0.4) is 0 Å². The summed E-state index contributed by atoms with van der Waals surface area (Å²) in [6.45, 7) is 9.46. The van der Waals surface area contributed by atoms with Crippen LogP contribution in [0, 0.1) is 17.3 Å². The minimum atomic E-state index is -1.51. The second-order valence-corrected chi connectivity index (χ2v) is 10.7. The first-order valence-electron chi connectivity index (χ1n) is 11.8. The Morgan fingerprint density at radius 2 is 1.79 bits per heavy atom. The van der Waals surface area contributed by atoms with Gasteiger partial charge in [-0.1, -0.05) is 37.6 Å². The molecule has 1 saturated heterocycles. The van der Waals surface area contributed by atoms with Crippen LogP contribution in [0.2, 0.25) is 5.02 Å². The molecule has 2 rings (SSSR count). The van der Waals surface area contributed by atoms with Crippen LogP contribution < -0.4 is 21.3 Å². The van der Waals surface area contributed by atoms with Crippen LogP contribution in [-0.2, 0) is 20.0 Å². The van der Waals surface area contributed by atoms with Crippen LogP contribution in [0.5, 0.6) is 0 Å². The molecule has 190 valence electrons. The molecule has 9 heteroatoms. The normalized spacial score (nSPS) is 19.8. The number of hydrogen-bond donors (Lipinski definition) is 5. The van der Waals surface area contributed by atoms with Crippen LogP contribution in [0.1, 0.15) is 59.4 Å². The molecule has 3 amide bonds. The van der Waals surface area contributed by atoms with Gasteiger partial charge in [0.15, 0.2) is 0 Å². The quantitative estimate of drug-likeness (QED) is 0.302. The number of aliphatic hydroxyl groups is 1. The van der Waals surface area contributed by atoms with Crippen molar-refractivity contribution in [3.05, 3.63) is 34.9 Å². The smallest absolute Gasteiger partial charge is 0.243 e. The lowest BCUT2D eigenvalue weighted by molar-refractivity contribution is -0.148. The molecule has 1 aliphatic rings. The van der Waals surface area contributed by atoms with Gasteiger partial charge in [-0.15, -0.1) is 0 Å². The highest BCUT2D eigenvalue weighted by Gasteiger charge is 2.47. The average Bonchev–Trinajstić information content (AvgIpc) is 3.16. The van der Waals surface area contributed by atoms with E-state index in [-0.39, 0.29) is 23.7 Å². The molecule has 4 atom stereocenters. The second-order valence-electron chi connectivity index (χ2n) is 10.2. The van der Waals surface area contributed by atoms with Gasteiger partial charge in [0.1, 0.15) is 11.6 Å². The summed E-state index contributed by atoms with van der Waals surface area (Å²) in [6, 6.07) is 5.91. The molecule has 0 saturated carbocycles. The average molecular weight is 495 g/mol. The van der Waals surface area contributed by atoms with Crippen molar-refractivity contribution in [1.82, 2.24) is 21.3 Å². The number of rotatable bonds is 11. The second kappa shape index (κ2) is 11.5. The van der Waals surface area contributed by atoms with Crippen molar-refractivity contribution >= 4 is 29.3 Å². The van der Waals surface area contributed by atoms with Gasteiger partial charge in [0.05, 0.1) is 11.6 Å². The highest BCUT2D eigenvalue weighted by atomic mass is 35.5. The molecular formula is C25H39ClN4O4. The molecular weight excluding hydrogens is 456 g/mol. The Labute approximate surface area is 207 Å². The molecule has 0 radical (unpaired) electrons. The number of halogens is 1. The standard InChI is InChI=1S/C25H39ClN4O4/c1-15(2)13-19(22(32)30-20(27-6)14-16-11-12-28-21(16)31)29-23(33)24(3,4)25(5,34)17-7-9-18(26)10-8-17/h7-10,15-16,19-20,27,34H,11-14H2,1-6H3,(H,28,31)(H,29,33)(H,30,32)/t16-,19-,20-,25-/m0/s1. The lowest BCUT2D eigenvalue weighted by atomic mass is 9.71. The molecule has 0 bridgehead atoms. The van der Waals surface area contributed by atoms with Crippen molar-refractivity contribution in [3.8, 4) is 0 Å². The van der Waals surface area contributed by atoms with E-state index in [2.05, 4.69) is 21.3 Å². The number of amides is 3. The fraction of sp³-hybridized carbons (Fsp3) is 0.640. The molecule has 34 heavy (non-hydrogen) atoms. The lowest BCUT2D eigenvalue weighted by Crippen LogP contribution is -2.58. The molecule has 0 unspecified atom stereocenters.